The molecule has 104 valence electrons. The summed E-state index contributed by atoms with van der Waals surface area (Å²) in [6, 6.07) is 4.27. The summed E-state index contributed by atoms with van der Waals surface area (Å²) in [6.07, 6.45) is 8.02. The Morgan fingerprint density at radius 2 is 2.11 bits per heavy atom. The molecule has 2 rings (SSSR count). The van der Waals surface area contributed by atoms with Crippen LogP contribution in [0.15, 0.2) is 18.3 Å². The van der Waals surface area contributed by atoms with Crippen molar-refractivity contribution in [2.45, 2.75) is 45.1 Å². The molecule has 1 aromatic rings. The van der Waals surface area contributed by atoms with Crippen LogP contribution in [-0.2, 0) is 4.74 Å². The molecule has 0 aliphatic heterocycles. The lowest BCUT2D eigenvalue weighted by Crippen LogP contribution is -2.33. The zero-order valence-electron chi connectivity index (χ0n) is 11.8. The van der Waals surface area contributed by atoms with Crippen molar-refractivity contribution < 1.29 is 9.53 Å². The van der Waals surface area contributed by atoms with Gasteiger partial charge in [0.25, 0.3) is 0 Å². The Kier molecular flexibility index (Phi) is 4.77. The second-order valence-electron chi connectivity index (χ2n) is 5.03. The van der Waals surface area contributed by atoms with Crippen LogP contribution in [0.3, 0.4) is 0 Å². The van der Waals surface area contributed by atoms with Crippen LogP contribution in [0.2, 0.25) is 0 Å². The van der Waals surface area contributed by atoms with Gasteiger partial charge in [0, 0.05) is 19.3 Å². The molecule has 0 amide bonds. The molecule has 1 aliphatic rings. The van der Waals surface area contributed by atoms with E-state index < -0.39 is 0 Å². The molecule has 1 heterocycles. The zero-order valence-corrected chi connectivity index (χ0v) is 11.8. The van der Waals surface area contributed by atoms with Crippen molar-refractivity contribution in [2.75, 3.05) is 18.6 Å². The minimum absolute atomic E-state index is 0.304. The topological polar surface area (TPSA) is 42.4 Å². The molecule has 1 fully saturated rings. The summed E-state index contributed by atoms with van der Waals surface area (Å²) in [4.78, 5) is 18.2. The first-order valence-corrected chi connectivity index (χ1v) is 7.08. The van der Waals surface area contributed by atoms with E-state index in [4.69, 9.17) is 4.74 Å². The number of carbonyl (C=O) groups excluding carboxylic acids is 1. The fourth-order valence-corrected chi connectivity index (χ4v) is 2.59. The first-order valence-electron chi connectivity index (χ1n) is 7.08. The van der Waals surface area contributed by atoms with Gasteiger partial charge in [-0.15, -0.1) is 0 Å². The first kappa shape index (κ1) is 13.8. The molecule has 0 spiro atoms. The molecule has 19 heavy (non-hydrogen) atoms. The Bertz CT molecular complexity index is 411. The monoisotopic (exact) mass is 262 g/mol. The van der Waals surface area contributed by atoms with Crippen LogP contribution in [0.1, 0.15) is 49.4 Å². The van der Waals surface area contributed by atoms with Gasteiger partial charge in [0.2, 0.25) is 0 Å². The van der Waals surface area contributed by atoms with Gasteiger partial charge in [-0.3, -0.25) is 0 Å². The number of ether oxygens (including phenoxy) is 1. The smallest absolute Gasteiger partial charge is 0.339 e. The fourth-order valence-electron chi connectivity index (χ4n) is 2.59. The second-order valence-corrected chi connectivity index (χ2v) is 5.03. The SMILES string of the molecule is CCOC(=O)c1ccc(N(C)C2CCCCC2)nc1. The number of esters is 1. The lowest BCUT2D eigenvalue weighted by molar-refractivity contribution is 0.0526. The van der Waals surface area contributed by atoms with Gasteiger partial charge in [-0.2, -0.15) is 0 Å². The fraction of sp³-hybridized carbons (Fsp3) is 0.600. The van der Waals surface area contributed by atoms with Gasteiger partial charge in [-0.25, -0.2) is 9.78 Å². The van der Waals surface area contributed by atoms with E-state index in [0.29, 0.717) is 18.2 Å². The van der Waals surface area contributed by atoms with E-state index in [1.807, 2.05) is 6.07 Å². The summed E-state index contributed by atoms with van der Waals surface area (Å²) in [5.41, 5.74) is 0.516. The van der Waals surface area contributed by atoms with E-state index in [1.54, 1.807) is 19.2 Å². The summed E-state index contributed by atoms with van der Waals surface area (Å²) in [7, 11) is 2.09. The summed E-state index contributed by atoms with van der Waals surface area (Å²) in [5, 5.41) is 0. The molecule has 1 aromatic heterocycles. The molecule has 0 saturated heterocycles. The lowest BCUT2D eigenvalue weighted by Gasteiger charge is -2.32. The van der Waals surface area contributed by atoms with E-state index in [2.05, 4.69) is 16.9 Å². The Balaban J connectivity index is 2.02. The van der Waals surface area contributed by atoms with E-state index >= 15 is 0 Å². The number of rotatable bonds is 4. The Labute approximate surface area is 114 Å². The van der Waals surface area contributed by atoms with Crippen LogP contribution >= 0.6 is 0 Å². The maximum atomic E-state index is 11.6. The molecule has 0 radical (unpaired) electrons. The molecule has 4 heteroatoms. The number of nitrogens with zero attached hydrogens (tertiary/aromatic N) is 2. The van der Waals surface area contributed by atoms with Gasteiger partial charge in [0.1, 0.15) is 5.82 Å². The minimum atomic E-state index is -0.304. The van der Waals surface area contributed by atoms with Gasteiger partial charge >= 0.3 is 5.97 Å². The average Bonchev–Trinajstić information content (AvgIpc) is 2.48. The van der Waals surface area contributed by atoms with Crippen molar-refractivity contribution in [2.24, 2.45) is 0 Å². The van der Waals surface area contributed by atoms with Crippen molar-refractivity contribution in [3.63, 3.8) is 0 Å². The summed E-state index contributed by atoms with van der Waals surface area (Å²) >= 11 is 0. The second kappa shape index (κ2) is 6.55. The number of hydrogen-bond acceptors (Lipinski definition) is 4. The third kappa shape index (κ3) is 3.46. The van der Waals surface area contributed by atoms with Gasteiger partial charge in [-0.1, -0.05) is 19.3 Å². The van der Waals surface area contributed by atoms with Crippen LogP contribution in [0.5, 0.6) is 0 Å². The van der Waals surface area contributed by atoms with Crippen LogP contribution in [0.4, 0.5) is 5.82 Å². The third-order valence-electron chi connectivity index (χ3n) is 3.74. The molecule has 4 nitrogen and oxygen atoms in total. The maximum Gasteiger partial charge on any atom is 0.339 e. The summed E-state index contributed by atoms with van der Waals surface area (Å²) in [6.45, 7) is 2.19. The number of pyridine rings is 1. The zero-order chi connectivity index (χ0) is 13.7. The molecule has 0 unspecified atom stereocenters. The van der Waals surface area contributed by atoms with E-state index in [9.17, 15) is 4.79 Å². The highest BCUT2D eigenvalue weighted by Crippen LogP contribution is 2.24. The van der Waals surface area contributed by atoms with Crippen LogP contribution in [-0.4, -0.2) is 30.6 Å². The summed E-state index contributed by atoms with van der Waals surface area (Å²) < 4.78 is 4.95. The molecule has 0 aromatic carbocycles. The highest BCUT2D eigenvalue weighted by Gasteiger charge is 2.19. The molecular formula is C15H22N2O2. The van der Waals surface area contributed by atoms with Gasteiger partial charge in [0.15, 0.2) is 0 Å². The largest absolute Gasteiger partial charge is 0.462 e. The third-order valence-corrected chi connectivity index (χ3v) is 3.74. The Morgan fingerprint density at radius 1 is 1.37 bits per heavy atom. The molecule has 0 atom stereocenters. The van der Waals surface area contributed by atoms with Gasteiger partial charge in [-0.05, 0) is 31.9 Å². The maximum absolute atomic E-state index is 11.6. The molecular weight excluding hydrogens is 240 g/mol. The predicted molar refractivity (Wildman–Crippen MR) is 75.5 cm³/mol. The molecule has 0 N–H and O–H groups in total. The quantitative estimate of drug-likeness (QED) is 0.782. The van der Waals surface area contributed by atoms with Gasteiger partial charge < -0.3 is 9.64 Å². The number of hydrogen-bond donors (Lipinski definition) is 0. The van der Waals surface area contributed by atoms with Crippen molar-refractivity contribution in [3.05, 3.63) is 23.9 Å². The van der Waals surface area contributed by atoms with Crippen molar-refractivity contribution in [1.82, 2.24) is 4.98 Å². The predicted octanol–water partition coefficient (Wildman–Crippen LogP) is 3.03. The van der Waals surface area contributed by atoms with Crippen molar-refractivity contribution in [3.8, 4) is 0 Å². The van der Waals surface area contributed by atoms with Crippen LogP contribution in [0, 0.1) is 0 Å². The Hall–Kier alpha value is -1.58. The van der Waals surface area contributed by atoms with E-state index in [-0.39, 0.29) is 5.97 Å². The van der Waals surface area contributed by atoms with E-state index in [0.717, 1.165) is 5.82 Å². The number of carbonyl (C=O) groups is 1. The standard InChI is InChI=1S/C15H22N2O2/c1-3-19-15(18)12-9-10-14(16-11-12)17(2)13-7-5-4-6-8-13/h9-11,13H,3-8H2,1-2H3. The Morgan fingerprint density at radius 3 is 2.68 bits per heavy atom. The number of aromatic nitrogens is 1. The molecule has 1 saturated carbocycles. The normalized spacial score (nSPS) is 16.1. The van der Waals surface area contributed by atoms with Crippen molar-refractivity contribution >= 4 is 11.8 Å². The summed E-state index contributed by atoms with van der Waals surface area (Å²) in [5.74, 6) is 0.627. The minimum Gasteiger partial charge on any atom is -0.462 e. The number of anilines is 1. The first-order chi connectivity index (χ1) is 9.22. The highest BCUT2D eigenvalue weighted by atomic mass is 16.5. The van der Waals surface area contributed by atoms with Crippen molar-refractivity contribution in [1.29, 1.82) is 0 Å². The lowest BCUT2D eigenvalue weighted by atomic mass is 9.94. The van der Waals surface area contributed by atoms with E-state index in [1.165, 1.54) is 32.1 Å². The average molecular weight is 262 g/mol. The van der Waals surface area contributed by atoms with Crippen LogP contribution < -0.4 is 4.90 Å². The molecule has 1 aliphatic carbocycles. The van der Waals surface area contributed by atoms with Crippen LogP contribution in [0.25, 0.3) is 0 Å². The highest BCUT2D eigenvalue weighted by molar-refractivity contribution is 5.89. The molecule has 0 bridgehead atoms. The van der Waals surface area contributed by atoms with Gasteiger partial charge in [0.05, 0.1) is 12.2 Å².